The van der Waals surface area contributed by atoms with E-state index in [-0.39, 0.29) is 5.75 Å². The molecular formula is C21H22N4O. The van der Waals surface area contributed by atoms with Gasteiger partial charge in [-0.3, -0.25) is 9.88 Å². The highest BCUT2D eigenvalue weighted by atomic mass is 16.3. The highest BCUT2D eigenvalue weighted by molar-refractivity contribution is 5.71. The third kappa shape index (κ3) is 3.83. The van der Waals surface area contributed by atoms with Gasteiger partial charge in [-0.25, -0.2) is 4.98 Å². The molecule has 1 aromatic heterocycles. The molecule has 0 saturated carbocycles. The summed E-state index contributed by atoms with van der Waals surface area (Å²) in [6.07, 6.45) is 4.49. The lowest BCUT2D eigenvalue weighted by Crippen LogP contribution is -2.26. The summed E-state index contributed by atoms with van der Waals surface area (Å²) in [5.74, 6) is 1.05. The number of hydrogen-bond acceptors (Lipinski definition) is 5. The molecule has 1 saturated heterocycles. The first-order chi connectivity index (χ1) is 12.8. The van der Waals surface area contributed by atoms with Gasteiger partial charge in [0.05, 0.1) is 0 Å². The molecule has 2 heterocycles. The predicted molar refractivity (Wildman–Crippen MR) is 103 cm³/mol. The van der Waals surface area contributed by atoms with E-state index in [2.05, 4.69) is 50.5 Å². The Hall–Kier alpha value is -2.92. The molecular weight excluding hydrogens is 324 g/mol. The zero-order chi connectivity index (χ0) is 17.8. The lowest BCUT2D eigenvalue weighted by atomic mass is 10.1. The van der Waals surface area contributed by atoms with Crippen LogP contribution in [0.2, 0.25) is 0 Å². The van der Waals surface area contributed by atoms with Crippen molar-refractivity contribution >= 4 is 5.82 Å². The average molecular weight is 346 g/mol. The Morgan fingerprint density at radius 1 is 1.00 bits per heavy atom. The Labute approximate surface area is 153 Å². The highest BCUT2D eigenvalue weighted by Crippen LogP contribution is 2.27. The minimum Gasteiger partial charge on any atom is -0.508 e. The van der Waals surface area contributed by atoms with Crippen molar-refractivity contribution in [2.45, 2.75) is 19.0 Å². The molecule has 132 valence electrons. The SMILES string of the molecule is Oc1ccc(-c2nccnc2N[C@H]2CCN(Cc3ccccc3)C2)cc1. The maximum atomic E-state index is 9.50. The number of aromatic hydroxyl groups is 1. The van der Waals surface area contributed by atoms with E-state index >= 15 is 0 Å². The molecule has 4 rings (SSSR count). The van der Waals surface area contributed by atoms with Crippen molar-refractivity contribution in [1.82, 2.24) is 14.9 Å². The summed E-state index contributed by atoms with van der Waals surface area (Å²) < 4.78 is 0. The van der Waals surface area contributed by atoms with Crippen LogP contribution in [-0.2, 0) is 6.54 Å². The Morgan fingerprint density at radius 3 is 2.58 bits per heavy atom. The Balaban J connectivity index is 1.44. The number of hydrogen-bond donors (Lipinski definition) is 2. The van der Waals surface area contributed by atoms with E-state index in [1.165, 1.54) is 5.56 Å². The van der Waals surface area contributed by atoms with Crippen molar-refractivity contribution in [3.05, 3.63) is 72.6 Å². The Morgan fingerprint density at radius 2 is 1.77 bits per heavy atom. The third-order valence-corrected chi connectivity index (χ3v) is 4.70. The van der Waals surface area contributed by atoms with Gasteiger partial charge in [0.15, 0.2) is 5.82 Å². The van der Waals surface area contributed by atoms with Gasteiger partial charge in [0.25, 0.3) is 0 Å². The fourth-order valence-corrected chi connectivity index (χ4v) is 3.40. The van der Waals surface area contributed by atoms with Gasteiger partial charge in [0, 0.05) is 43.6 Å². The molecule has 5 nitrogen and oxygen atoms in total. The van der Waals surface area contributed by atoms with Crippen LogP contribution in [0.4, 0.5) is 5.82 Å². The molecule has 1 aliphatic heterocycles. The van der Waals surface area contributed by atoms with Gasteiger partial charge in [0.1, 0.15) is 11.4 Å². The van der Waals surface area contributed by atoms with E-state index in [1.54, 1.807) is 24.5 Å². The van der Waals surface area contributed by atoms with Crippen LogP contribution in [0.15, 0.2) is 67.0 Å². The molecule has 0 spiro atoms. The first-order valence-electron chi connectivity index (χ1n) is 8.91. The summed E-state index contributed by atoms with van der Waals surface area (Å²) in [5, 5.41) is 13.1. The number of phenolic OH excluding ortho intramolecular Hbond substituents is 1. The third-order valence-electron chi connectivity index (χ3n) is 4.70. The zero-order valence-electron chi connectivity index (χ0n) is 14.5. The molecule has 1 atom stereocenters. The van der Waals surface area contributed by atoms with E-state index < -0.39 is 0 Å². The summed E-state index contributed by atoms with van der Waals surface area (Å²) in [6.45, 7) is 3.03. The molecule has 0 aliphatic carbocycles. The fraction of sp³-hybridized carbons (Fsp3) is 0.238. The number of anilines is 1. The summed E-state index contributed by atoms with van der Waals surface area (Å²) in [6, 6.07) is 18.0. The monoisotopic (exact) mass is 346 g/mol. The average Bonchev–Trinajstić information content (AvgIpc) is 3.11. The second kappa shape index (κ2) is 7.54. The van der Waals surface area contributed by atoms with E-state index in [0.717, 1.165) is 43.1 Å². The fourth-order valence-electron chi connectivity index (χ4n) is 3.40. The van der Waals surface area contributed by atoms with Crippen molar-refractivity contribution in [2.24, 2.45) is 0 Å². The molecule has 0 bridgehead atoms. The number of likely N-dealkylation sites (tertiary alicyclic amines) is 1. The molecule has 5 heteroatoms. The van der Waals surface area contributed by atoms with Crippen LogP contribution in [0.25, 0.3) is 11.3 Å². The van der Waals surface area contributed by atoms with Crippen LogP contribution in [0, 0.1) is 0 Å². The van der Waals surface area contributed by atoms with Gasteiger partial charge in [-0.1, -0.05) is 30.3 Å². The first kappa shape index (κ1) is 16.5. The van der Waals surface area contributed by atoms with E-state index in [0.29, 0.717) is 6.04 Å². The number of aromatic nitrogens is 2. The van der Waals surface area contributed by atoms with Gasteiger partial charge in [0.2, 0.25) is 0 Å². The predicted octanol–water partition coefficient (Wildman–Crippen LogP) is 3.54. The van der Waals surface area contributed by atoms with Gasteiger partial charge >= 0.3 is 0 Å². The summed E-state index contributed by atoms with van der Waals surface area (Å²) in [7, 11) is 0. The van der Waals surface area contributed by atoms with Crippen molar-refractivity contribution in [2.75, 3.05) is 18.4 Å². The van der Waals surface area contributed by atoms with Crippen LogP contribution in [0.3, 0.4) is 0 Å². The molecule has 3 aromatic rings. The van der Waals surface area contributed by atoms with Crippen LogP contribution in [0.5, 0.6) is 5.75 Å². The van der Waals surface area contributed by atoms with Gasteiger partial charge in [-0.15, -0.1) is 0 Å². The van der Waals surface area contributed by atoms with Gasteiger partial charge in [-0.05, 0) is 36.2 Å². The molecule has 0 amide bonds. The quantitative estimate of drug-likeness (QED) is 0.740. The molecule has 0 radical (unpaired) electrons. The highest BCUT2D eigenvalue weighted by Gasteiger charge is 2.23. The maximum Gasteiger partial charge on any atom is 0.152 e. The summed E-state index contributed by atoms with van der Waals surface area (Å²) in [4.78, 5) is 11.4. The van der Waals surface area contributed by atoms with E-state index in [1.807, 2.05) is 12.1 Å². The number of rotatable bonds is 5. The van der Waals surface area contributed by atoms with Gasteiger partial charge in [-0.2, -0.15) is 0 Å². The number of phenols is 1. The minimum atomic E-state index is 0.250. The van der Waals surface area contributed by atoms with Crippen LogP contribution < -0.4 is 5.32 Å². The molecule has 2 aromatic carbocycles. The number of nitrogens with zero attached hydrogens (tertiary/aromatic N) is 3. The second-order valence-electron chi connectivity index (χ2n) is 6.65. The minimum absolute atomic E-state index is 0.250. The van der Waals surface area contributed by atoms with Gasteiger partial charge < -0.3 is 10.4 Å². The van der Waals surface area contributed by atoms with Crippen molar-refractivity contribution in [1.29, 1.82) is 0 Å². The smallest absolute Gasteiger partial charge is 0.152 e. The second-order valence-corrected chi connectivity index (χ2v) is 6.65. The first-order valence-corrected chi connectivity index (χ1v) is 8.91. The topological polar surface area (TPSA) is 61.3 Å². The number of benzene rings is 2. The number of nitrogens with one attached hydrogen (secondary N) is 1. The molecule has 2 N–H and O–H groups in total. The maximum absolute atomic E-state index is 9.50. The summed E-state index contributed by atoms with van der Waals surface area (Å²) >= 11 is 0. The molecule has 1 aliphatic rings. The van der Waals surface area contributed by atoms with Crippen LogP contribution in [0.1, 0.15) is 12.0 Å². The molecule has 26 heavy (non-hydrogen) atoms. The summed E-state index contributed by atoms with van der Waals surface area (Å²) in [5.41, 5.74) is 3.10. The lowest BCUT2D eigenvalue weighted by Gasteiger charge is -2.18. The van der Waals surface area contributed by atoms with Crippen molar-refractivity contribution < 1.29 is 5.11 Å². The zero-order valence-corrected chi connectivity index (χ0v) is 14.5. The molecule has 0 unspecified atom stereocenters. The Kier molecular flexibility index (Phi) is 4.80. The van der Waals surface area contributed by atoms with E-state index in [4.69, 9.17) is 0 Å². The van der Waals surface area contributed by atoms with Crippen molar-refractivity contribution in [3.8, 4) is 17.0 Å². The van der Waals surface area contributed by atoms with E-state index in [9.17, 15) is 5.11 Å². The van der Waals surface area contributed by atoms with Crippen LogP contribution >= 0.6 is 0 Å². The normalized spacial score (nSPS) is 17.3. The van der Waals surface area contributed by atoms with Crippen molar-refractivity contribution in [3.63, 3.8) is 0 Å². The Bertz CT molecular complexity index is 851. The standard InChI is InChI=1S/C21H22N4O/c26-19-8-6-17(7-9-19)20-21(23-12-11-22-20)24-18-10-13-25(15-18)14-16-4-2-1-3-5-16/h1-9,11-12,18,26H,10,13-15H2,(H,23,24)/t18-/m0/s1. The lowest BCUT2D eigenvalue weighted by molar-refractivity contribution is 0.328. The van der Waals surface area contributed by atoms with Crippen LogP contribution in [-0.4, -0.2) is 39.1 Å². The largest absolute Gasteiger partial charge is 0.508 e. The molecule has 1 fully saturated rings.